The number of alkyl halides is 3. The van der Waals surface area contributed by atoms with Crippen LogP contribution in [0.15, 0.2) is 54.6 Å². The molecule has 0 amide bonds. The zero-order valence-electron chi connectivity index (χ0n) is 11.3. The van der Waals surface area contributed by atoms with Crippen LogP contribution in [-0.2, 0) is 0 Å². The summed E-state index contributed by atoms with van der Waals surface area (Å²) < 4.78 is 40.7. The van der Waals surface area contributed by atoms with Crippen LogP contribution < -0.4 is 10.5 Å². The molecule has 3 aromatic rings. The summed E-state index contributed by atoms with van der Waals surface area (Å²) >= 11 is 0. The van der Waals surface area contributed by atoms with E-state index in [1.165, 1.54) is 18.2 Å². The standard InChI is InChI=1S/C16H11F3N2O/c17-16(18,19)22-11-6-7-14-12(8-11)13(20)9-15(21-14)10-4-2-1-3-5-10/h1-9H,(H2,20,21). The normalized spacial score (nSPS) is 11.6. The van der Waals surface area contributed by atoms with Crippen LogP contribution in [0.1, 0.15) is 0 Å². The number of hydrogen-bond acceptors (Lipinski definition) is 3. The Balaban J connectivity index is 2.07. The van der Waals surface area contributed by atoms with Gasteiger partial charge in [0.25, 0.3) is 0 Å². The Kier molecular flexibility index (Phi) is 3.36. The van der Waals surface area contributed by atoms with Gasteiger partial charge in [-0.2, -0.15) is 0 Å². The summed E-state index contributed by atoms with van der Waals surface area (Å²) in [6.07, 6.45) is -4.74. The third-order valence-electron chi connectivity index (χ3n) is 3.12. The number of nitrogens with zero attached hydrogens (tertiary/aromatic N) is 1. The number of ether oxygens (including phenoxy) is 1. The average molecular weight is 304 g/mol. The van der Waals surface area contributed by atoms with E-state index in [0.29, 0.717) is 22.3 Å². The van der Waals surface area contributed by atoms with Crippen molar-refractivity contribution < 1.29 is 17.9 Å². The second-order valence-electron chi connectivity index (χ2n) is 4.69. The fourth-order valence-electron chi connectivity index (χ4n) is 2.18. The lowest BCUT2D eigenvalue weighted by atomic mass is 10.1. The summed E-state index contributed by atoms with van der Waals surface area (Å²) in [6.45, 7) is 0. The topological polar surface area (TPSA) is 48.1 Å². The molecule has 2 N–H and O–H groups in total. The second-order valence-corrected chi connectivity index (χ2v) is 4.69. The first kappa shape index (κ1) is 14.2. The van der Waals surface area contributed by atoms with Crippen LogP contribution in [0.2, 0.25) is 0 Å². The van der Waals surface area contributed by atoms with Gasteiger partial charge in [0.1, 0.15) is 5.75 Å². The molecule has 1 heterocycles. The van der Waals surface area contributed by atoms with Crippen LogP contribution in [0.3, 0.4) is 0 Å². The molecule has 0 spiro atoms. The van der Waals surface area contributed by atoms with Crippen molar-refractivity contribution in [3.05, 3.63) is 54.6 Å². The van der Waals surface area contributed by atoms with Crippen molar-refractivity contribution in [2.24, 2.45) is 0 Å². The number of halogens is 3. The Morgan fingerprint density at radius 3 is 2.36 bits per heavy atom. The number of rotatable bonds is 2. The number of nitrogen functional groups attached to an aromatic ring is 1. The predicted octanol–water partition coefficient (Wildman–Crippen LogP) is 4.38. The van der Waals surface area contributed by atoms with Crippen LogP contribution in [0.4, 0.5) is 18.9 Å². The van der Waals surface area contributed by atoms with E-state index in [2.05, 4.69) is 9.72 Å². The molecule has 0 saturated carbocycles. The molecule has 0 radical (unpaired) electrons. The van der Waals surface area contributed by atoms with Gasteiger partial charge in [0, 0.05) is 16.6 Å². The molecule has 0 unspecified atom stereocenters. The van der Waals surface area contributed by atoms with E-state index < -0.39 is 6.36 Å². The van der Waals surface area contributed by atoms with E-state index in [0.717, 1.165) is 5.56 Å². The minimum absolute atomic E-state index is 0.319. The Bertz CT molecular complexity index is 817. The molecule has 0 aliphatic carbocycles. The molecule has 2 aromatic carbocycles. The van der Waals surface area contributed by atoms with Crippen LogP contribution in [-0.4, -0.2) is 11.3 Å². The molecule has 0 bridgehead atoms. The van der Waals surface area contributed by atoms with Gasteiger partial charge < -0.3 is 10.5 Å². The molecule has 0 aliphatic heterocycles. The summed E-state index contributed by atoms with van der Waals surface area (Å²) in [5.74, 6) is -0.319. The average Bonchev–Trinajstić information content (AvgIpc) is 2.47. The largest absolute Gasteiger partial charge is 0.573 e. The van der Waals surface area contributed by atoms with Crippen molar-refractivity contribution in [1.82, 2.24) is 4.98 Å². The van der Waals surface area contributed by atoms with Gasteiger partial charge >= 0.3 is 6.36 Å². The van der Waals surface area contributed by atoms with Gasteiger partial charge in [0.2, 0.25) is 0 Å². The van der Waals surface area contributed by atoms with Crippen molar-refractivity contribution in [3.63, 3.8) is 0 Å². The van der Waals surface area contributed by atoms with E-state index in [1.807, 2.05) is 30.3 Å². The minimum Gasteiger partial charge on any atom is -0.406 e. The van der Waals surface area contributed by atoms with Gasteiger partial charge in [0.15, 0.2) is 0 Å². The Hall–Kier alpha value is -2.76. The predicted molar refractivity (Wildman–Crippen MR) is 78.3 cm³/mol. The lowest BCUT2D eigenvalue weighted by Crippen LogP contribution is -2.17. The van der Waals surface area contributed by atoms with E-state index in [1.54, 1.807) is 6.07 Å². The highest BCUT2D eigenvalue weighted by molar-refractivity contribution is 5.93. The van der Waals surface area contributed by atoms with E-state index in [4.69, 9.17) is 5.73 Å². The molecule has 3 rings (SSSR count). The SMILES string of the molecule is Nc1cc(-c2ccccc2)nc2ccc(OC(F)(F)F)cc12. The van der Waals surface area contributed by atoms with Crippen LogP contribution in [0.5, 0.6) is 5.75 Å². The number of aromatic nitrogens is 1. The summed E-state index contributed by atoms with van der Waals surface area (Å²) in [7, 11) is 0. The third-order valence-corrected chi connectivity index (χ3v) is 3.12. The molecule has 0 saturated heterocycles. The molecule has 0 atom stereocenters. The molecule has 22 heavy (non-hydrogen) atoms. The molecule has 1 aromatic heterocycles. The smallest absolute Gasteiger partial charge is 0.406 e. The highest BCUT2D eigenvalue weighted by atomic mass is 19.4. The third kappa shape index (κ3) is 2.95. The maximum Gasteiger partial charge on any atom is 0.573 e. The van der Waals surface area contributed by atoms with Crippen LogP contribution >= 0.6 is 0 Å². The number of pyridine rings is 1. The number of nitrogens with two attached hydrogens (primary N) is 1. The van der Waals surface area contributed by atoms with Gasteiger partial charge in [-0.05, 0) is 24.3 Å². The van der Waals surface area contributed by atoms with Gasteiger partial charge in [0.05, 0.1) is 11.2 Å². The highest BCUT2D eigenvalue weighted by Crippen LogP contribution is 2.31. The summed E-state index contributed by atoms with van der Waals surface area (Å²) in [4.78, 5) is 4.43. The Labute approximate surface area is 124 Å². The van der Waals surface area contributed by atoms with Gasteiger partial charge in [-0.25, -0.2) is 4.98 Å². The first-order chi connectivity index (χ1) is 10.4. The van der Waals surface area contributed by atoms with E-state index in [9.17, 15) is 13.2 Å². The molecular weight excluding hydrogens is 293 g/mol. The van der Waals surface area contributed by atoms with Gasteiger partial charge in [-0.1, -0.05) is 30.3 Å². The number of benzene rings is 2. The van der Waals surface area contributed by atoms with Crippen LogP contribution in [0.25, 0.3) is 22.2 Å². The monoisotopic (exact) mass is 304 g/mol. The fraction of sp³-hybridized carbons (Fsp3) is 0.0625. The summed E-state index contributed by atoms with van der Waals surface area (Å²) in [5, 5.41) is 0.418. The van der Waals surface area contributed by atoms with Crippen molar-refractivity contribution in [1.29, 1.82) is 0 Å². The van der Waals surface area contributed by atoms with Crippen molar-refractivity contribution in [2.75, 3.05) is 5.73 Å². The molecule has 6 heteroatoms. The van der Waals surface area contributed by atoms with Crippen molar-refractivity contribution >= 4 is 16.6 Å². The summed E-state index contributed by atoms with van der Waals surface area (Å²) in [6, 6.07) is 14.9. The van der Waals surface area contributed by atoms with Gasteiger partial charge in [-0.15, -0.1) is 13.2 Å². The number of hydrogen-bond donors (Lipinski definition) is 1. The fourth-order valence-corrected chi connectivity index (χ4v) is 2.18. The molecule has 3 nitrogen and oxygen atoms in total. The van der Waals surface area contributed by atoms with E-state index >= 15 is 0 Å². The lowest BCUT2D eigenvalue weighted by molar-refractivity contribution is -0.274. The van der Waals surface area contributed by atoms with Crippen LogP contribution in [0, 0.1) is 0 Å². The zero-order chi connectivity index (χ0) is 15.7. The lowest BCUT2D eigenvalue weighted by Gasteiger charge is -2.11. The quantitative estimate of drug-likeness (QED) is 0.764. The zero-order valence-corrected chi connectivity index (χ0v) is 11.3. The summed E-state index contributed by atoms with van der Waals surface area (Å²) in [5.41, 5.74) is 8.35. The maximum atomic E-state index is 12.3. The maximum absolute atomic E-state index is 12.3. The molecule has 0 fully saturated rings. The number of anilines is 1. The molecular formula is C16H11F3N2O. The first-order valence-corrected chi connectivity index (χ1v) is 6.44. The Morgan fingerprint density at radius 1 is 0.955 bits per heavy atom. The minimum atomic E-state index is -4.74. The Morgan fingerprint density at radius 2 is 1.68 bits per heavy atom. The van der Waals surface area contributed by atoms with Gasteiger partial charge in [-0.3, -0.25) is 0 Å². The molecule has 112 valence electrons. The second kappa shape index (κ2) is 5.22. The first-order valence-electron chi connectivity index (χ1n) is 6.44. The van der Waals surface area contributed by atoms with E-state index in [-0.39, 0.29) is 5.75 Å². The van der Waals surface area contributed by atoms with Crippen molar-refractivity contribution in [2.45, 2.75) is 6.36 Å². The highest BCUT2D eigenvalue weighted by Gasteiger charge is 2.31. The molecule has 0 aliphatic rings. The number of fused-ring (bicyclic) bond motifs is 1. The van der Waals surface area contributed by atoms with Crippen molar-refractivity contribution in [3.8, 4) is 17.0 Å².